The summed E-state index contributed by atoms with van der Waals surface area (Å²) in [6.07, 6.45) is 3.46. The molecule has 3 heteroatoms. The molecular formula is C12H10BrNO. The van der Waals surface area contributed by atoms with Gasteiger partial charge in [0, 0.05) is 22.4 Å². The molecule has 1 heterocycles. The Hall–Kier alpha value is -1.19. The van der Waals surface area contributed by atoms with Gasteiger partial charge in [0.1, 0.15) is 0 Å². The van der Waals surface area contributed by atoms with Crippen LogP contribution in [0.1, 0.15) is 5.56 Å². The van der Waals surface area contributed by atoms with Crippen molar-refractivity contribution >= 4 is 15.9 Å². The van der Waals surface area contributed by atoms with E-state index in [9.17, 15) is 0 Å². The lowest BCUT2D eigenvalue weighted by Crippen LogP contribution is -1.86. The molecule has 0 amide bonds. The van der Waals surface area contributed by atoms with Gasteiger partial charge < -0.3 is 5.11 Å². The molecule has 1 aromatic heterocycles. The lowest BCUT2D eigenvalue weighted by molar-refractivity contribution is 0.281. The van der Waals surface area contributed by atoms with Gasteiger partial charge in [-0.1, -0.05) is 28.1 Å². The molecule has 0 aliphatic rings. The van der Waals surface area contributed by atoms with E-state index >= 15 is 0 Å². The summed E-state index contributed by atoms with van der Waals surface area (Å²) in [5.74, 6) is 0. The molecule has 15 heavy (non-hydrogen) atoms. The third-order valence-corrected chi connectivity index (χ3v) is 2.68. The van der Waals surface area contributed by atoms with Crippen molar-refractivity contribution < 1.29 is 5.11 Å². The number of hydrogen-bond acceptors (Lipinski definition) is 2. The van der Waals surface area contributed by atoms with Crippen LogP contribution in [0.3, 0.4) is 0 Å². The quantitative estimate of drug-likeness (QED) is 0.904. The summed E-state index contributed by atoms with van der Waals surface area (Å²) in [6.45, 7) is 0.0252. The van der Waals surface area contributed by atoms with E-state index in [0.29, 0.717) is 0 Å². The van der Waals surface area contributed by atoms with E-state index in [-0.39, 0.29) is 6.61 Å². The number of nitrogens with zero attached hydrogens (tertiary/aromatic N) is 1. The fourth-order valence-electron chi connectivity index (χ4n) is 1.37. The third kappa shape index (κ3) is 2.43. The average molecular weight is 264 g/mol. The molecular weight excluding hydrogens is 254 g/mol. The Kier molecular flexibility index (Phi) is 3.14. The summed E-state index contributed by atoms with van der Waals surface area (Å²) in [7, 11) is 0. The van der Waals surface area contributed by atoms with Crippen molar-refractivity contribution in [1.29, 1.82) is 0 Å². The van der Waals surface area contributed by atoms with Crippen molar-refractivity contribution in [1.82, 2.24) is 4.98 Å². The van der Waals surface area contributed by atoms with E-state index in [1.54, 1.807) is 12.4 Å². The second-order valence-corrected chi connectivity index (χ2v) is 4.16. The maximum absolute atomic E-state index is 9.01. The van der Waals surface area contributed by atoms with Gasteiger partial charge in [0.15, 0.2) is 0 Å². The zero-order valence-electron chi connectivity index (χ0n) is 8.02. The summed E-state index contributed by atoms with van der Waals surface area (Å²) in [5.41, 5.74) is 2.95. The van der Waals surface area contributed by atoms with E-state index < -0.39 is 0 Å². The second-order valence-electron chi connectivity index (χ2n) is 3.25. The number of aliphatic hydroxyl groups is 1. The van der Waals surface area contributed by atoms with Crippen LogP contribution in [0.5, 0.6) is 0 Å². The minimum atomic E-state index is 0.0252. The number of pyridine rings is 1. The van der Waals surface area contributed by atoms with Gasteiger partial charge in [-0.15, -0.1) is 0 Å². The third-order valence-electron chi connectivity index (χ3n) is 2.16. The zero-order valence-corrected chi connectivity index (χ0v) is 9.61. The van der Waals surface area contributed by atoms with Crippen LogP contribution >= 0.6 is 15.9 Å². The molecule has 0 unspecified atom stereocenters. The molecule has 0 aliphatic heterocycles. The molecule has 0 bridgehead atoms. The van der Waals surface area contributed by atoms with E-state index in [4.69, 9.17) is 5.11 Å². The second kappa shape index (κ2) is 4.55. The van der Waals surface area contributed by atoms with E-state index in [2.05, 4.69) is 20.9 Å². The normalized spacial score (nSPS) is 10.3. The van der Waals surface area contributed by atoms with Crippen molar-refractivity contribution in [2.45, 2.75) is 6.61 Å². The number of benzene rings is 1. The first kappa shape index (κ1) is 10.3. The van der Waals surface area contributed by atoms with Gasteiger partial charge in [-0.05, 0) is 29.3 Å². The number of rotatable bonds is 2. The highest BCUT2D eigenvalue weighted by Gasteiger charge is 1.99. The van der Waals surface area contributed by atoms with E-state index in [1.165, 1.54) is 0 Å². The van der Waals surface area contributed by atoms with Crippen LogP contribution in [-0.4, -0.2) is 10.1 Å². The Balaban J connectivity index is 2.40. The van der Waals surface area contributed by atoms with E-state index in [1.807, 2.05) is 30.3 Å². The number of halogens is 1. The number of aromatic nitrogens is 1. The van der Waals surface area contributed by atoms with Crippen LogP contribution < -0.4 is 0 Å². The minimum absolute atomic E-state index is 0.0252. The molecule has 1 aromatic carbocycles. The van der Waals surface area contributed by atoms with Crippen LogP contribution in [0, 0.1) is 0 Å². The monoisotopic (exact) mass is 263 g/mol. The average Bonchev–Trinajstić information content (AvgIpc) is 2.30. The largest absolute Gasteiger partial charge is 0.392 e. The van der Waals surface area contributed by atoms with Gasteiger partial charge in [0.25, 0.3) is 0 Å². The molecule has 76 valence electrons. The zero-order chi connectivity index (χ0) is 10.7. The highest BCUT2D eigenvalue weighted by molar-refractivity contribution is 9.10. The molecule has 0 saturated heterocycles. The van der Waals surface area contributed by atoms with E-state index in [0.717, 1.165) is 21.2 Å². The van der Waals surface area contributed by atoms with Gasteiger partial charge >= 0.3 is 0 Å². The summed E-state index contributed by atoms with van der Waals surface area (Å²) in [6, 6.07) is 9.95. The first-order chi connectivity index (χ1) is 7.29. The molecule has 0 fully saturated rings. The number of aliphatic hydroxyl groups excluding tert-OH is 1. The Labute approximate surface area is 96.7 Å². The highest BCUT2D eigenvalue weighted by Crippen LogP contribution is 2.21. The summed E-state index contributed by atoms with van der Waals surface area (Å²) in [4.78, 5) is 4.08. The maximum atomic E-state index is 9.01. The van der Waals surface area contributed by atoms with Crippen LogP contribution in [0.15, 0.2) is 47.2 Å². The molecule has 1 N–H and O–H groups in total. The predicted molar refractivity (Wildman–Crippen MR) is 63.3 cm³/mol. The van der Waals surface area contributed by atoms with Gasteiger partial charge in [0.05, 0.1) is 6.61 Å². The summed E-state index contributed by atoms with van der Waals surface area (Å²) < 4.78 is 1.05. The first-order valence-electron chi connectivity index (χ1n) is 4.60. The lowest BCUT2D eigenvalue weighted by Gasteiger charge is -2.03. The van der Waals surface area contributed by atoms with Crippen molar-refractivity contribution in [3.05, 3.63) is 52.8 Å². The van der Waals surface area contributed by atoms with Crippen LogP contribution in [0.4, 0.5) is 0 Å². The molecule has 0 spiro atoms. The Morgan fingerprint density at radius 2 is 1.80 bits per heavy atom. The van der Waals surface area contributed by atoms with Crippen molar-refractivity contribution in [3.63, 3.8) is 0 Å². The minimum Gasteiger partial charge on any atom is -0.392 e. The van der Waals surface area contributed by atoms with Crippen molar-refractivity contribution in [2.75, 3.05) is 0 Å². The molecule has 2 rings (SSSR count). The molecule has 2 nitrogen and oxygen atoms in total. The van der Waals surface area contributed by atoms with Gasteiger partial charge in [0.2, 0.25) is 0 Å². The van der Waals surface area contributed by atoms with Crippen molar-refractivity contribution in [2.24, 2.45) is 0 Å². The Morgan fingerprint density at radius 1 is 1.07 bits per heavy atom. The topological polar surface area (TPSA) is 33.1 Å². The van der Waals surface area contributed by atoms with Gasteiger partial charge in [-0.25, -0.2) is 0 Å². The standard InChI is InChI=1S/C12H10BrNO/c13-12-3-1-10(2-4-12)11-5-9(8-15)6-14-7-11/h1-7,15H,8H2. The van der Waals surface area contributed by atoms with Gasteiger partial charge in [-0.3, -0.25) is 4.98 Å². The fourth-order valence-corrected chi connectivity index (χ4v) is 1.64. The highest BCUT2D eigenvalue weighted by atomic mass is 79.9. The maximum Gasteiger partial charge on any atom is 0.0697 e. The molecule has 0 saturated carbocycles. The Bertz CT molecular complexity index is 453. The molecule has 0 aliphatic carbocycles. The van der Waals surface area contributed by atoms with Crippen LogP contribution in [-0.2, 0) is 6.61 Å². The first-order valence-corrected chi connectivity index (χ1v) is 5.39. The summed E-state index contributed by atoms with van der Waals surface area (Å²) in [5, 5.41) is 9.01. The summed E-state index contributed by atoms with van der Waals surface area (Å²) >= 11 is 3.39. The van der Waals surface area contributed by atoms with Gasteiger partial charge in [-0.2, -0.15) is 0 Å². The fraction of sp³-hybridized carbons (Fsp3) is 0.0833. The molecule has 2 aromatic rings. The predicted octanol–water partition coefficient (Wildman–Crippen LogP) is 3.00. The SMILES string of the molecule is OCc1cncc(-c2ccc(Br)cc2)c1. The van der Waals surface area contributed by atoms with Crippen LogP contribution in [0.25, 0.3) is 11.1 Å². The van der Waals surface area contributed by atoms with Crippen LogP contribution in [0.2, 0.25) is 0 Å². The smallest absolute Gasteiger partial charge is 0.0697 e. The molecule has 0 atom stereocenters. The lowest BCUT2D eigenvalue weighted by atomic mass is 10.1. The molecule has 0 radical (unpaired) electrons. The van der Waals surface area contributed by atoms with Crippen molar-refractivity contribution in [3.8, 4) is 11.1 Å². The number of hydrogen-bond donors (Lipinski definition) is 1. The Morgan fingerprint density at radius 3 is 2.47 bits per heavy atom.